The van der Waals surface area contributed by atoms with Crippen LogP contribution in [0.5, 0.6) is 5.75 Å². The second-order valence-electron chi connectivity index (χ2n) is 8.32. The highest BCUT2D eigenvalue weighted by Gasteiger charge is 2.29. The number of ether oxygens (including phenoxy) is 1. The smallest absolute Gasteiger partial charge is 0.257 e. The summed E-state index contributed by atoms with van der Waals surface area (Å²) in [5.74, 6) is -1.86. The third-order valence-corrected chi connectivity index (χ3v) is 5.80. The molecule has 2 aromatic heterocycles. The molecule has 0 radical (unpaired) electrons. The van der Waals surface area contributed by atoms with Gasteiger partial charge in [0.2, 0.25) is 0 Å². The summed E-state index contributed by atoms with van der Waals surface area (Å²) in [4.78, 5) is 18.6. The summed E-state index contributed by atoms with van der Waals surface area (Å²) in [6.07, 6.45) is 4.42. The molecule has 0 saturated heterocycles. The van der Waals surface area contributed by atoms with Crippen molar-refractivity contribution in [2.24, 2.45) is 0 Å². The zero-order chi connectivity index (χ0) is 23.8. The van der Waals surface area contributed by atoms with Gasteiger partial charge in [0.1, 0.15) is 12.5 Å². The second-order valence-corrected chi connectivity index (χ2v) is 8.32. The van der Waals surface area contributed by atoms with Crippen molar-refractivity contribution in [3.8, 4) is 16.9 Å². The van der Waals surface area contributed by atoms with Crippen molar-refractivity contribution in [2.45, 2.75) is 32.2 Å². The fourth-order valence-electron chi connectivity index (χ4n) is 3.87. The van der Waals surface area contributed by atoms with Crippen LogP contribution in [0.3, 0.4) is 0 Å². The molecule has 1 aliphatic rings. The first kappa shape index (κ1) is 21.9. The number of fused-ring (bicyclic) bond motifs is 1. The Labute approximate surface area is 193 Å². The molecule has 5 rings (SSSR count). The number of hydrogen-bond donors (Lipinski definition) is 1. The van der Waals surface area contributed by atoms with E-state index in [1.807, 2.05) is 0 Å². The number of nitrogens with one attached hydrogen (secondary N) is 1. The SMILES string of the molecule is CN(Cc1cnc(CF)c2cn[nH]c12)C(=O)c1ccc(-c2cccc(F)c2)c(OC2CC2)c1F. The van der Waals surface area contributed by atoms with E-state index in [2.05, 4.69) is 15.2 Å². The number of aromatic nitrogens is 3. The Kier molecular flexibility index (Phi) is 5.69. The number of aromatic amines is 1. The van der Waals surface area contributed by atoms with E-state index in [1.54, 1.807) is 12.1 Å². The number of nitrogens with zero attached hydrogens (tertiary/aromatic N) is 3. The Balaban J connectivity index is 1.47. The highest BCUT2D eigenvalue weighted by atomic mass is 19.1. The Hall–Kier alpha value is -3.88. The molecule has 174 valence electrons. The van der Waals surface area contributed by atoms with E-state index in [9.17, 15) is 13.6 Å². The van der Waals surface area contributed by atoms with Gasteiger partial charge in [0.05, 0.1) is 29.1 Å². The first-order chi connectivity index (χ1) is 16.5. The Morgan fingerprint density at radius 1 is 1.21 bits per heavy atom. The zero-order valence-corrected chi connectivity index (χ0v) is 18.3. The van der Waals surface area contributed by atoms with Gasteiger partial charge in [-0.2, -0.15) is 5.10 Å². The van der Waals surface area contributed by atoms with E-state index in [4.69, 9.17) is 4.74 Å². The molecule has 2 heterocycles. The molecule has 0 aliphatic heterocycles. The van der Waals surface area contributed by atoms with E-state index in [0.717, 1.165) is 12.8 Å². The van der Waals surface area contributed by atoms with Crippen molar-refractivity contribution in [3.05, 3.63) is 77.2 Å². The van der Waals surface area contributed by atoms with Gasteiger partial charge in [0, 0.05) is 36.3 Å². The van der Waals surface area contributed by atoms with Crippen molar-refractivity contribution in [1.82, 2.24) is 20.1 Å². The molecule has 2 aromatic carbocycles. The van der Waals surface area contributed by atoms with Crippen LogP contribution in [-0.2, 0) is 13.2 Å². The molecule has 9 heteroatoms. The lowest BCUT2D eigenvalue weighted by atomic mass is 10.0. The maximum Gasteiger partial charge on any atom is 0.257 e. The highest BCUT2D eigenvalue weighted by Crippen LogP contribution is 2.38. The van der Waals surface area contributed by atoms with Crippen LogP contribution < -0.4 is 4.74 Å². The number of benzene rings is 2. The van der Waals surface area contributed by atoms with Crippen molar-refractivity contribution in [3.63, 3.8) is 0 Å². The fraction of sp³-hybridized carbons (Fsp3) is 0.240. The van der Waals surface area contributed by atoms with Crippen molar-refractivity contribution >= 4 is 16.8 Å². The summed E-state index contributed by atoms with van der Waals surface area (Å²) in [6.45, 7) is -0.640. The van der Waals surface area contributed by atoms with Crippen molar-refractivity contribution in [1.29, 1.82) is 0 Å². The molecule has 1 fully saturated rings. The third-order valence-electron chi connectivity index (χ3n) is 5.80. The number of halogens is 3. The second kappa shape index (κ2) is 8.81. The predicted octanol–water partition coefficient (Wildman–Crippen LogP) is 5.19. The van der Waals surface area contributed by atoms with Crippen LogP contribution in [0.1, 0.15) is 34.5 Å². The van der Waals surface area contributed by atoms with Gasteiger partial charge >= 0.3 is 0 Å². The van der Waals surface area contributed by atoms with E-state index in [0.29, 0.717) is 27.6 Å². The summed E-state index contributed by atoms with van der Waals surface area (Å²) in [5.41, 5.74) is 2.12. The topological polar surface area (TPSA) is 71.1 Å². The van der Waals surface area contributed by atoms with Crippen LogP contribution in [0.25, 0.3) is 22.0 Å². The molecule has 0 unspecified atom stereocenters. The minimum absolute atomic E-state index is 0.0581. The van der Waals surface area contributed by atoms with Gasteiger partial charge in [0.25, 0.3) is 5.91 Å². The van der Waals surface area contributed by atoms with E-state index < -0.39 is 24.2 Å². The quantitative estimate of drug-likeness (QED) is 0.407. The van der Waals surface area contributed by atoms with E-state index in [1.165, 1.54) is 48.6 Å². The number of amides is 1. The van der Waals surface area contributed by atoms with Crippen molar-refractivity contribution < 1.29 is 22.7 Å². The Morgan fingerprint density at radius 3 is 2.76 bits per heavy atom. The van der Waals surface area contributed by atoms with Gasteiger partial charge in [-0.05, 0) is 42.7 Å². The normalized spacial score (nSPS) is 13.3. The van der Waals surface area contributed by atoms with Gasteiger partial charge in [0.15, 0.2) is 11.6 Å². The minimum atomic E-state index is -0.789. The first-order valence-electron chi connectivity index (χ1n) is 10.8. The minimum Gasteiger partial charge on any atom is -0.487 e. The average Bonchev–Trinajstić information content (AvgIpc) is 3.51. The molecule has 1 saturated carbocycles. The lowest BCUT2D eigenvalue weighted by Crippen LogP contribution is -2.27. The van der Waals surface area contributed by atoms with Gasteiger partial charge in [-0.1, -0.05) is 12.1 Å². The maximum absolute atomic E-state index is 15.6. The fourth-order valence-corrected chi connectivity index (χ4v) is 3.87. The monoisotopic (exact) mass is 466 g/mol. The van der Waals surface area contributed by atoms with Gasteiger partial charge in [-0.15, -0.1) is 0 Å². The van der Waals surface area contributed by atoms with Crippen LogP contribution in [0.2, 0.25) is 0 Å². The van der Waals surface area contributed by atoms with Gasteiger partial charge < -0.3 is 9.64 Å². The molecule has 34 heavy (non-hydrogen) atoms. The average molecular weight is 466 g/mol. The van der Waals surface area contributed by atoms with Crippen molar-refractivity contribution in [2.75, 3.05) is 7.05 Å². The molecule has 1 N–H and O–H groups in total. The number of carbonyl (C=O) groups excluding carboxylic acids is 1. The largest absolute Gasteiger partial charge is 0.487 e. The molecule has 0 bridgehead atoms. The Bertz CT molecular complexity index is 1380. The van der Waals surface area contributed by atoms with Crippen LogP contribution in [0, 0.1) is 11.6 Å². The lowest BCUT2D eigenvalue weighted by molar-refractivity contribution is 0.0779. The summed E-state index contributed by atoms with van der Waals surface area (Å²) >= 11 is 0. The molecule has 1 aliphatic carbocycles. The van der Waals surface area contributed by atoms with Crippen LogP contribution in [0.4, 0.5) is 13.2 Å². The van der Waals surface area contributed by atoms with Gasteiger partial charge in [-0.25, -0.2) is 13.2 Å². The zero-order valence-electron chi connectivity index (χ0n) is 18.3. The number of carbonyl (C=O) groups is 1. The van der Waals surface area contributed by atoms with Crippen LogP contribution in [-0.4, -0.2) is 39.1 Å². The summed E-state index contributed by atoms with van der Waals surface area (Å²) < 4.78 is 48.4. The van der Waals surface area contributed by atoms with E-state index >= 15 is 4.39 Å². The molecule has 0 spiro atoms. The van der Waals surface area contributed by atoms with Crippen LogP contribution in [0.15, 0.2) is 48.8 Å². The number of alkyl halides is 1. The lowest BCUT2D eigenvalue weighted by Gasteiger charge is -2.20. The Morgan fingerprint density at radius 2 is 2.03 bits per heavy atom. The molecule has 0 atom stereocenters. The summed E-state index contributed by atoms with van der Waals surface area (Å²) in [6, 6.07) is 8.75. The van der Waals surface area contributed by atoms with Gasteiger partial charge in [-0.3, -0.25) is 14.9 Å². The summed E-state index contributed by atoms with van der Waals surface area (Å²) in [5, 5.41) is 7.29. The standard InChI is InChI=1S/C25H21F3N4O2/c1-32(13-15-11-29-21(10-26)20-12-30-31-23(15)20)25(33)19-8-7-18(14-3-2-4-16(27)9-14)24(22(19)28)34-17-5-6-17/h2-4,7-9,11-12,17H,5-6,10,13H2,1H3,(H,30,31). The molecule has 1 amide bonds. The predicted molar refractivity (Wildman–Crippen MR) is 120 cm³/mol. The third kappa shape index (κ3) is 4.09. The first-order valence-corrected chi connectivity index (χ1v) is 10.8. The summed E-state index contributed by atoms with van der Waals surface area (Å²) in [7, 11) is 1.54. The molecular formula is C25H21F3N4O2. The van der Waals surface area contributed by atoms with E-state index in [-0.39, 0.29) is 29.7 Å². The highest BCUT2D eigenvalue weighted by molar-refractivity contribution is 5.96. The number of pyridine rings is 1. The molecular weight excluding hydrogens is 445 g/mol. The van der Waals surface area contributed by atoms with Crippen LogP contribution >= 0.6 is 0 Å². The maximum atomic E-state index is 15.6. The number of rotatable bonds is 7. The number of hydrogen-bond acceptors (Lipinski definition) is 4. The number of H-pyrrole nitrogens is 1. The molecule has 6 nitrogen and oxygen atoms in total. The molecule has 4 aromatic rings.